The van der Waals surface area contributed by atoms with E-state index in [2.05, 4.69) is 10.2 Å². The largest absolute Gasteiger partial charge is 0.493 e. The number of amides is 1. The number of aromatic carboxylic acids is 1. The van der Waals surface area contributed by atoms with E-state index in [9.17, 15) is 14.7 Å². The molecule has 1 fully saturated rings. The molecule has 0 radical (unpaired) electrons. The molecule has 7 heteroatoms. The summed E-state index contributed by atoms with van der Waals surface area (Å²) in [7, 11) is 0. The highest BCUT2D eigenvalue weighted by atomic mass is 16.5. The Morgan fingerprint density at radius 2 is 2.20 bits per heavy atom. The molecule has 0 saturated carbocycles. The summed E-state index contributed by atoms with van der Waals surface area (Å²) in [6.07, 6.45) is 4.70. The number of aromatic amines is 1. The minimum atomic E-state index is -1.03. The zero-order chi connectivity index (χ0) is 17.4. The van der Waals surface area contributed by atoms with Crippen LogP contribution in [-0.2, 0) is 6.42 Å². The molecule has 3 heterocycles. The Labute approximate surface area is 144 Å². The van der Waals surface area contributed by atoms with Gasteiger partial charge >= 0.3 is 5.97 Å². The summed E-state index contributed by atoms with van der Waals surface area (Å²) in [5.74, 6) is -0.268. The number of nitrogens with one attached hydrogen (secondary N) is 1. The van der Waals surface area contributed by atoms with E-state index in [0.717, 1.165) is 37.0 Å². The first-order chi connectivity index (χ1) is 12.1. The van der Waals surface area contributed by atoms with E-state index in [4.69, 9.17) is 4.74 Å². The van der Waals surface area contributed by atoms with E-state index < -0.39 is 5.97 Å². The van der Waals surface area contributed by atoms with Crippen LogP contribution in [0.3, 0.4) is 0 Å². The molecule has 2 aliphatic heterocycles. The molecule has 0 aliphatic carbocycles. The smallest absolute Gasteiger partial charge is 0.339 e. The SMILES string of the molecule is O=C(O)c1cn[nH]c1C1CCCCN1C(=O)c1ccc2c(c1)CCO2. The predicted molar refractivity (Wildman–Crippen MR) is 88.8 cm³/mol. The molecule has 1 saturated heterocycles. The van der Waals surface area contributed by atoms with Crippen molar-refractivity contribution >= 4 is 11.9 Å². The molecule has 25 heavy (non-hydrogen) atoms. The summed E-state index contributed by atoms with van der Waals surface area (Å²) in [6.45, 7) is 1.25. The van der Waals surface area contributed by atoms with E-state index in [-0.39, 0.29) is 17.5 Å². The highest BCUT2D eigenvalue weighted by Crippen LogP contribution is 2.34. The third-order valence-corrected chi connectivity index (χ3v) is 4.93. The first-order valence-electron chi connectivity index (χ1n) is 8.48. The van der Waals surface area contributed by atoms with Crippen LogP contribution in [0.1, 0.15) is 57.3 Å². The number of rotatable bonds is 3. The van der Waals surface area contributed by atoms with Crippen molar-refractivity contribution in [3.05, 3.63) is 46.8 Å². The predicted octanol–water partition coefficient (Wildman–Crippen LogP) is 2.41. The van der Waals surface area contributed by atoms with Crippen LogP contribution in [0.2, 0.25) is 0 Å². The first kappa shape index (κ1) is 15.7. The van der Waals surface area contributed by atoms with Crippen LogP contribution in [0, 0.1) is 0 Å². The van der Waals surface area contributed by atoms with Crippen LogP contribution in [-0.4, -0.2) is 45.2 Å². The maximum Gasteiger partial charge on any atom is 0.339 e. The molecule has 7 nitrogen and oxygen atoms in total. The number of carbonyl (C=O) groups is 2. The van der Waals surface area contributed by atoms with Crippen LogP contribution in [0.25, 0.3) is 0 Å². The quantitative estimate of drug-likeness (QED) is 0.894. The standard InChI is InChI=1S/C18H19N3O4/c22-17(12-4-5-15-11(9-12)6-8-25-15)21-7-2-1-3-14(21)16-13(18(23)24)10-19-20-16/h4-5,9-10,14H,1-3,6-8H2,(H,19,20)(H,23,24). The number of fused-ring (bicyclic) bond motifs is 1. The maximum atomic E-state index is 13.1. The third-order valence-electron chi connectivity index (χ3n) is 4.93. The van der Waals surface area contributed by atoms with Gasteiger partial charge in [0.1, 0.15) is 11.3 Å². The van der Waals surface area contributed by atoms with Gasteiger partial charge in [0.2, 0.25) is 0 Å². The second-order valence-electron chi connectivity index (χ2n) is 6.43. The average Bonchev–Trinajstić information content (AvgIpc) is 3.29. The van der Waals surface area contributed by atoms with E-state index in [0.29, 0.717) is 24.4 Å². The topological polar surface area (TPSA) is 95.5 Å². The van der Waals surface area contributed by atoms with Crippen molar-refractivity contribution in [1.82, 2.24) is 15.1 Å². The summed E-state index contributed by atoms with van der Waals surface area (Å²) in [5.41, 5.74) is 2.30. The molecule has 1 unspecified atom stereocenters. The Hall–Kier alpha value is -2.83. The number of hydrogen-bond acceptors (Lipinski definition) is 4. The minimum Gasteiger partial charge on any atom is -0.493 e. The van der Waals surface area contributed by atoms with Crippen molar-refractivity contribution in [3.8, 4) is 5.75 Å². The number of carboxylic acid groups (broad SMARTS) is 1. The molecule has 2 aromatic rings. The van der Waals surface area contributed by atoms with Crippen molar-refractivity contribution < 1.29 is 19.4 Å². The molecule has 4 rings (SSSR count). The number of H-pyrrole nitrogens is 1. The molecule has 0 bridgehead atoms. The Bertz CT molecular complexity index is 829. The molecular formula is C18H19N3O4. The first-order valence-corrected chi connectivity index (χ1v) is 8.48. The lowest BCUT2D eigenvalue weighted by Gasteiger charge is -2.35. The number of ether oxygens (including phenoxy) is 1. The average molecular weight is 341 g/mol. The Morgan fingerprint density at radius 1 is 1.32 bits per heavy atom. The number of hydrogen-bond donors (Lipinski definition) is 2. The molecule has 1 amide bonds. The second-order valence-corrected chi connectivity index (χ2v) is 6.43. The van der Waals surface area contributed by atoms with Gasteiger partial charge in [-0.15, -0.1) is 0 Å². The van der Waals surface area contributed by atoms with Gasteiger partial charge < -0.3 is 14.7 Å². The molecular weight excluding hydrogens is 322 g/mol. The number of carboxylic acids is 1. The van der Waals surface area contributed by atoms with Crippen molar-refractivity contribution in [1.29, 1.82) is 0 Å². The van der Waals surface area contributed by atoms with Crippen LogP contribution in [0.15, 0.2) is 24.4 Å². The van der Waals surface area contributed by atoms with Gasteiger partial charge in [-0.3, -0.25) is 9.89 Å². The van der Waals surface area contributed by atoms with Crippen LogP contribution >= 0.6 is 0 Å². The molecule has 1 aromatic heterocycles. The normalized spacial score (nSPS) is 19.4. The lowest BCUT2D eigenvalue weighted by Crippen LogP contribution is -2.39. The highest BCUT2D eigenvalue weighted by molar-refractivity contribution is 5.95. The zero-order valence-electron chi connectivity index (χ0n) is 13.7. The van der Waals surface area contributed by atoms with E-state index in [1.165, 1.54) is 6.20 Å². The number of nitrogens with zero attached hydrogens (tertiary/aromatic N) is 2. The Morgan fingerprint density at radius 3 is 3.04 bits per heavy atom. The van der Waals surface area contributed by atoms with Crippen LogP contribution < -0.4 is 4.74 Å². The van der Waals surface area contributed by atoms with Gasteiger partial charge in [-0.2, -0.15) is 5.10 Å². The molecule has 0 spiro atoms. The summed E-state index contributed by atoms with van der Waals surface area (Å²) in [5, 5.41) is 16.0. The minimum absolute atomic E-state index is 0.0784. The van der Waals surface area contributed by atoms with Crippen LogP contribution in [0.4, 0.5) is 0 Å². The summed E-state index contributed by atoms with van der Waals surface area (Å²) in [6, 6.07) is 5.22. The fraction of sp³-hybridized carbons (Fsp3) is 0.389. The van der Waals surface area contributed by atoms with Gasteiger partial charge in [0.05, 0.1) is 24.5 Å². The van der Waals surface area contributed by atoms with Gasteiger partial charge in [-0.25, -0.2) is 4.79 Å². The van der Waals surface area contributed by atoms with E-state index in [1.807, 2.05) is 12.1 Å². The van der Waals surface area contributed by atoms with Crippen molar-refractivity contribution in [2.24, 2.45) is 0 Å². The van der Waals surface area contributed by atoms with Gasteiger partial charge in [0, 0.05) is 18.5 Å². The van der Waals surface area contributed by atoms with Crippen molar-refractivity contribution in [3.63, 3.8) is 0 Å². The van der Waals surface area contributed by atoms with Crippen molar-refractivity contribution in [2.45, 2.75) is 31.7 Å². The Balaban J connectivity index is 1.66. The van der Waals surface area contributed by atoms with Gasteiger partial charge in [0.15, 0.2) is 0 Å². The molecule has 2 aliphatic rings. The molecule has 1 aromatic carbocycles. The number of likely N-dealkylation sites (tertiary alicyclic amines) is 1. The second kappa shape index (κ2) is 6.23. The number of carbonyl (C=O) groups excluding carboxylic acids is 1. The monoisotopic (exact) mass is 341 g/mol. The molecule has 1 atom stereocenters. The van der Waals surface area contributed by atoms with Crippen LogP contribution in [0.5, 0.6) is 5.75 Å². The number of benzene rings is 1. The highest BCUT2D eigenvalue weighted by Gasteiger charge is 2.33. The van der Waals surface area contributed by atoms with E-state index in [1.54, 1.807) is 11.0 Å². The zero-order valence-corrected chi connectivity index (χ0v) is 13.7. The summed E-state index contributed by atoms with van der Waals surface area (Å²) >= 11 is 0. The van der Waals surface area contributed by atoms with Gasteiger partial charge in [-0.05, 0) is 43.0 Å². The maximum absolute atomic E-state index is 13.1. The van der Waals surface area contributed by atoms with E-state index >= 15 is 0 Å². The Kier molecular flexibility index (Phi) is 3.91. The third kappa shape index (κ3) is 2.75. The number of piperidine rings is 1. The fourth-order valence-corrected chi connectivity index (χ4v) is 3.68. The molecule has 2 N–H and O–H groups in total. The van der Waals surface area contributed by atoms with Crippen molar-refractivity contribution in [2.75, 3.05) is 13.2 Å². The fourth-order valence-electron chi connectivity index (χ4n) is 3.68. The molecule has 130 valence electrons. The van der Waals surface area contributed by atoms with Gasteiger partial charge in [0.25, 0.3) is 5.91 Å². The lowest BCUT2D eigenvalue weighted by atomic mass is 9.95. The van der Waals surface area contributed by atoms with Gasteiger partial charge in [-0.1, -0.05) is 0 Å². The lowest BCUT2D eigenvalue weighted by molar-refractivity contribution is 0.0590. The summed E-state index contributed by atoms with van der Waals surface area (Å²) in [4.78, 5) is 26.3. The number of aromatic nitrogens is 2. The summed E-state index contributed by atoms with van der Waals surface area (Å²) < 4.78 is 5.50.